The van der Waals surface area contributed by atoms with Crippen LogP contribution in [0, 0.1) is 0 Å². The van der Waals surface area contributed by atoms with Crippen molar-refractivity contribution in [3.8, 4) is 0 Å². The molecule has 0 fully saturated rings. The van der Waals surface area contributed by atoms with E-state index < -0.39 is 23.3 Å². The number of imidazole rings is 1. The maximum absolute atomic E-state index is 12.6. The Kier molecular flexibility index (Phi) is 5.14. The van der Waals surface area contributed by atoms with Gasteiger partial charge in [-0.15, -0.1) is 11.6 Å². The summed E-state index contributed by atoms with van der Waals surface area (Å²) in [4.78, 5) is 29.4. The fourth-order valence-electron chi connectivity index (χ4n) is 2.25. The monoisotopic (exact) mass is 366 g/mol. The van der Waals surface area contributed by atoms with Gasteiger partial charge in [0.1, 0.15) is 22.5 Å². The number of carbonyl (C=O) groups excluding carboxylic acids is 2. The number of hydrogen-bond acceptors (Lipinski definition) is 5. The van der Waals surface area contributed by atoms with E-state index in [9.17, 15) is 9.59 Å². The summed E-state index contributed by atoms with van der Waals surface area (Å²) in [6, 6.07) is 4.97. The standard InChI is InChI=1S/C18H23ClN2O4/c1-17(2,3)24-15(22)11-8-7-9-12-14(11)20-13(10-19)21(12)16(23)25-18(4,5)6/h7-9H,10H2,1-6H3. The third-order valence-corrected chi connectivity index (χ3v) is 3.31. The molecular formula is C18H23ClN2O4. The summed E-state index contributed by atoms with van der Waals surface area (Å²) in [5.74, 6) is -0.197. The highest BCUT2D eigenvalue weighted by atomic mass is 35.5. The molecule has 25 heavy (non-hydrogen) atoms. The molecular weight excluding hydrogens is 344 g/mol. The number of fused-ring (bicyclic) bond motifs is 1. The lowest BCUT2D eigenvalue weighted by atomic mass is 10.1. The van der Waals surface area contributed by atoms with Crippen LogP contribution >= 0.6 is 11.6 Å². The number of hydrogen-bond donors (Lipinski definition) is 0. The van der Waals surface area contributed by atoms with Gasteiger partial charge in [-0.1, -0.05) is 6.07 Å². The molecule has 1 aromatic heterocycles. The van der Waals surface area contributed by atoms with Crippen LogP contribution in [0.3, 0.4) is 0 Å². The summed E-state index contributed by atoms with van der Waals surface area (Å²) in [5.41, 5.74) is -0.213. The normalized spacial score (nSPS) is 12.3. The molecule has 0 aliphatic rings. The zero-order valence-electron chi connectivity index (χ0n) is 15.3. The SMILES string of the molecule is CC(C)(C)OC(=O)c1cccc2c1nc(CCl)n2C(=O)OC(C)(C)C. The Labute approximate surface area is 152 Å². The summed E-state index contributed by atoms with van der Waals surface area (Å²) in [6.45, 7) is 10.7. The van der Waals surface area contributed by atoms with Crippen LogP contribution in [0.1, 0.15) is 57.7 Å². The van der Waals surface area contributed by atoms with E-state index in [1.165, 1.54) is 4.57 Å². The van der Waals surface area contributed by atoms with E-state index in [4.69, 9.17) is 21.1 Å². The first kappa shape index (κ1) is 19.2. The molecule has 0 N–H and O–H groups in total. The van der Waals surface area contributed by atoms with Gasteiger partial charge in [0.2, 0.25) is 0 Å². The molecule has 0 spiro atoms. The van der Waals surface area contributed by atoms with E-state index in [1.54, 1.807) is 59.7 Å². The maximum Gasteiger partial charge on any atom is 0.420 e. The van der Waals surface area contributed by atoms with Gasteiger partial charge in [0.15, 0.2) is 0 Å². The highest BCUT2D eigenvalue weighted by molar-refractivity contribution is 6.17. The minimum atomic E-state index is -0.667. The third-order valence-electron chi connectivity index (χ3n) is 3.07. The molecule has 0 aliphatic carbocycles. The molecule has 7 heteroatoms. The van der Waals surface area contributed by atoms with Crippen LogP contribution in [-0.4, -0.2) is 32.8 Å². The topological polar surface area (TPSA) is 70.4 Å². The fourth-order valence-corrected chi connectivity index (χ4v) is 2.43. The number of aromatic nitrogens is 2. The summed E-state index contributed by atoms with van der Waals surface area (Å²) < 4.78 is 12.1. The molecule has 2 rings (SSSR count). The van der Waals surface area contributed by atoms with E-state index in [1.807, 2.05) is 0 Å². The molecule has 0 saturated heterocycles. The Bertz CT molecular complexity index is 813. The van der Waals surface area contributed by atoms with Crippen LogP contribution in [0.5, 0.6) is 0 Å². The second-order valence-corrected chi connectivity index (χ2v) is 7.92. The van der Waals surface area contributed by atoms with Crippen molar-refractivity contribution in [2.75, 3.05) is 0 Å². The van der Waals surface area contributed by atoms with E-state index >= 15 is 0 Å². The lowest BCUT2D eigenvalue weighted by molar-refractivity contribution is 0.00712. The Hall–Kier alpha value is -2.08. The van der Waals surface area contributed by atoms with E-state index in [0.29, 0.717) is 16.9 Å². The predicted molar refractivity (Wildman–Crippen MR) is 96.1 cm³/mol. The third kappa shape index (κ3) is 4.51. The van der Waals surface area contributed by atoms with E-state index in [2.05, 4.69) is 4.98 Å². The summed E-state index contributed by atoms with van der Waals surface area (Å²) in [5, 5.41) is 0. The second-order valence-electron chi connectivity index (χ2n) is 7.65. The molecule has 0 unspecified atom stereocenters. The van der Waals surface area contributed by atoms with Crippen molar-refractivity contribution in [1.29, 1.82) is 0 Å². The zero-order chi connectivity index (χ0) is 19.0. The van der Waals surface area contributed by atoms with Crippen molar-refractivity contribution in [1.82, 2.24) is 9.55 Å². The number of halogens is 1. The van der Waals surface area contributed by atoms with Crippen LogP contribution in [0.15, 0.2) is 18.2 Å². The molecule has 0 bridgehead atoms. The Balaban J connectivity index is 2.57. The fraction of sp³-hybridized carbons (Fsp3) is 0.500. The van der Waals surface area contributed by atoms with Gasteiger partial charge in [0.25, 0.3) is 0 Å². The maximum atomic E-state index is 12.6. The minimum Gasteiger partial charge on any atom is -0.456 e. The smallest absolute Gasteiger partial charge is 0.420 e. The van der Waals surface area contributed by atoms with E-state index in [-0.39, 0.29) is 11.4 Å². The first-order chi connectivity index (χ1) is 11.4. The zero-order valence-corrected chi connectivity index (χ0v) is 16.1. The first-order valence-corrected chi connectivity index (χ1v) is 8.49. The van der Waals surface area contributed by atoms with Gasteiger partial charge in [-0.05, 0) is 53.7 Å². The molecule has 1 heterocycles. The summed E-state index contributed by atoms with van der Waals surface area (Å²) >= 11 is 5.95. The number of benzene rings is 1. The number of nitrogens with zero attached hydrogens (tertiary/aromatic N) is 2. The number of alkyl halides is 1. The molecule has 2 aromatic rings. The van der Waals surface area contributed by atoms with Crippen molar-refractivity contribution in [2.45, 2.75) is 58.6 Å². The lowest BCUT2D eigenvalue weighted by Gasteiger charge is -2.20. The van der Waals surface area contributed by atoms with Crippen LogP contribution < -0.4 is 0 Å². The number of ether oxygens (including phenoxy) is 2. The van der Waals surface area contributed by atoms with Gasteiger partial charge in [0, 0.05) is 0 Å². The Morgan fingerprint density at radius 1 is 1.08 bits per heavy atom. The highest BCUT2D eigenvalue weighted by Crippen LogP contribution is 2.24. The van der Waals surface area contributed by atoms with Gasteiger partial charge in [0.05, 0.1) is 17.0 Å². The van der Waals surface area contributed by atoms with Gasteiger partial charge >= 0.3 is 12.1 Å². The number of rotatable bonds is 2. The minimum absolute atomic E-state index is 0.00167. The number of carbonyl (C=O) groups is 2. The van der Waals surface area contributed by atoms with Gasteiger partial charge in [-0.3, -0.25) is 0 Å². The van der Waals surface area contributed by atoms with Crippen molar-refractivity contribution >= 4 is 34.7 Å². The van der Waals surface area contributed by atoms with E-state index in [0.717, 1.165) is 0 Å². The highest BCUT2D eigenvalue weighted by Gasteiger charge is 2.26. The number of para-hydroxylation sites is 1. The van der Waals surface area contributed by atoms with Crippen LogP contribution in [0.25, 0.3) is 11.0 Å². The Morgan fingerprint density at radius 3 is 2.20 bits per heavy atom. The molecule has 136 valence electrons. The lowest BCUT2D eigenvalue weighted by Crippen LogP contribution is -2.28. The van der Waals surface area contributed by atoms with Gasteiger partial charge in [-0.25, -0.2) is 19.1 Å². The molecule has 0 saturated carbocycles. The Morgan fingerprint density at radius 2 is 1.68 bits per heavy atom. The van der Waals surface area contributed by atoms with Crippen molar-refractivity contribution in [3.05, 3.63) is 29.6 Å². The van der Waals surface area contributed by atoms with Gasteiger partial charge < -0.3 is 9.47 Å². The van der Waals surface area contributed by atoms with Crippen molar-refractivity contribution in [2.24, 2.45) is 0 Å². The molecule has 0 aliphatic heterocycles. The molecule has 6 nitrogen and oxygen atoms in total. The quantitative estimate of drug-likeness (QED) is 0.577. The van der Waals surface area contributed by atoms with Gasteiger partial charge in [-0.2, -0.15) is 0 Å². The van der Waals surface area contributed by atoms with Crippen LogP contribution in [0.2, 0.25) is 0 Å². The van der Waals surface area contributed by atoms with Crippen molar-refractivity contribution < 1.29 is 19.1 Å². The number of esters is 1. The molecule has 0 amide bonds. The average molecular weight is 367 g/mol. The van der Waals surface area contributed by atoms with Crippen LogP contribution in [-0.2, 0) is 15.4 Å². The molecule has 0 atom stereocenters. The second kappa shape index (κ2) is 6.67. The molecule has 1 aromatic carbocycles. The average Bonchev–Trinajstić information content (AvgIpc) is 2.81. The van der Waals surface area contributed by atoms with Crippen LogP contribution in [0.4, 0.5) is 4.79 Å². The summed E-state index contributed by atoms with van der Waals surface area (Å²) in [6.07, 6.45) is -0.591. The largest absolute Gasteiger partial charge is 0.456 e. The predicted octanol–water partition coefficient (Wildman–Crippen LogP) is 4.51. The summed E-state index contributed by atoms with van der Waals surface area (Å²) in [7, 11) is 0. The first-order valence-electron chi connectivity index (χ1n) is 7.96. The van der Waals surface area contributed by atoms with Crippen molar-refractivity contribution in [3.63, 3.8) is 0 Å². The molecule has 0 radical (unpaired) electrons.